The van der Waals surface area contributed by atoms with Crippen LogP contribution in [-0.4, -0.2) is 76.1 Å². The number of benzene rings is 2. The van der Waals surface area contributed by atoms with Gasteiger partial charge in [-0.25, -0.2) is 0 Å². The number of aliphatic hydroxyl groups excluding tert-OH is 1. The Morgan fingerprint density at radius 2 is 1.60 bits per heavy atom. The van der Waals surface area contributed by atoms with Crippen LogP contribution in [0.2, 0.25) is 0 Å². The third-order valence-electron chi connectivity index (χ3n) is 7.19. The fraction of sp³-hybridized carbons (Fsp3) is 0.448. The standard InChI is InChI=1S/C29H36N4O7/c1-16(2)25-28(38)30-17(3)26(36)31-23(29(39)33-12-10-19(34)11-13-33)14-18-4-6-20(7-5-18)40-21-8-9-24(35)22(15-21)27(37)32-25/h4-9,15-17,19,23,25,34-35H,10-14H2,1-3H3,(H,30,38)(H,31,36)(H,32,37)/t17-,23-,25-/m0/s1. The Morgan fingerprint density at radius 1 is 0.950 bits per heavy atom. The number of fused-ring (bicyclic) bond motifs is 11. The molecule has 11 heteroatoms. The normalized spacial score (nSPS) is 23.0. The first-order valence-corrected chi connectivity index (χ1v) is 13.5. The second-order valence-electron chi connectivity index (χ2n) is 10.7. The zero-order chi connectivity index (χ0) is 29.0. The molecule has 0 aliphatic carbocycles. The molecule has 1 saturated heterocycles. The average molecular weight is 553 g/mol. The van der Waals surface area contributed by atoms with Crippen molar-refractivity contribution in [3.8, 4) is 17.2 Å². The van der Waals surface area contributed by atoms with Crippen LogP contribution in [0.5, 0.6) is 17.2 Å². The summed E-state index contributed by atoms with van der Waals surface area (Å²) in [7, 11) is 0. The first-order chi connectivity index (χ1) is 19.0. The highest BCUT2D eigenvalue weighted by Crippen LogP contribution is 2.28. The van der Waals surface area contributed by atoms with E-state index in [0.717, 1.165) is 5.56 Å². The number of rotatable bonds is 2. The molecule has 1 fully saturated rings. The van der Waals surface area contributed by atoms with Crippen LogP contribution >= 0.6 is 0 Å². The molecule has 5 N–H and O–H groups in total. The van der Waals surface area contributed by atoms with Gasteiger partial charge >= 0.3 is 0 Å². The van der Waals surface area contributed by atoms with E-state index in [2.05, 4.69) is 16.0 Å². The number of carbonyl (C=O) groups is 4. The average Bonchev–Trinajstić information content (AvgIpc) is 2.92. The van der Waals surface area contributed by atoms with E-state index in [1.807, 2.05) is 0 Å². The minimum absolute atomic E-state index is 0.0638. The number of piperidine rings is 1. The molecule has 11 nitrogen and oxygen atoms in total. The Balaban J connectivity index is 1.67. The summed E-state index contributed by atoms with van der Waals surface area (Å²) >= 11 is 0. The summed E-state index contributed by atoms with van der Waals surface area (Å²) in [5.74, 6) is -1.92. The molecule has 0 spiro atoms. The Bertz CT molecular complexity index is 1260. The molecule has 3 aliphatic heterocycles. The molecule has 2 aromatic carbocycles. The van der Waals surface area contributed by atoms with Crippen molar-refractivity contribution in [2.75, 3.05) is 13.1 Å². The third kappa shape index (κ3) is 6.90. The van der Waals surface area contributed by atoms with Gasteiger partial charge in [0.1, 0.15) is 35.4 Å². The lowest BCUT2D eigenvalue weighted by Gasteiger charge is -2.33. The monoisotopic (exact) mass is 552 g/mol. The highest BCUT2D eigenvalue weighted by molar-refractivity contribution is 6.00. The van der Waals surface area contributed by atoms with Crippen LogP contribution < -0.4 is 20.7 Å². The number of phenolic OH excluding ortho intramolecular Hbond substituents is 1. The lowest BCUT2D eigenvalue weighted by molar-refractivity contribution is -0.138. The molecule has 4 bridgehead atoms. The zero-order valence-corrected chi connectivity index (χ0v) is 22.8. The van der Waals surface area contributed by atoms with Crippen molar-refractivity contribution < 1.29 is 34.1 Å². The number of amides is 4. The third-order valence-corrected chi connectivity index (χ3v) is 7.19. The van der Waals surface area contributed by atoms with Gasteiger partial charge in [-0.1, -0.05) is 26.0 Å². The molecule has 0 saturated carbocycles. The summed E-state index contributed by atoms with van der Waals surface area (Å²) < 4.78 is 5.89. The molecule has 3 heterocycles. The summed E-state index contributed by atoms with van der Waals surface area (Å²) in [5.41, 5.74) is 0.706. The smallest absolute Gasteiger partial charge is 0.255 e. The van der Waals surface area contributed by atoms with E-state index in [1.54, 1.807) is 43.0 Å². The van der Waals surface area contributed by atoms with E-state index >= 15 is 0 Å². The number of aromatic hydroxyl groups is 1. The number of hydrogen-bond acceptors (Lipinski definition) is 7. The summed E-state index contributed by atoms with van der Waals surface area (Å²) in [6.45, 7) is 5.76. The quantitative estimate of drug-likeness (QED) is 0.353. The number of ether oxygens (including phenoxy) is 1. The van der Waals surface area contributed by atoms with Crippen molar-refractivity contribution in [3.05, 3.63) is 53.6 Å². The van der Waals surface area contributed by atoms with Crippen LogP contribution in [0.25, 0.3) is 0 Å². The molecule has 3 atom stereocenters. The molecule has 5 rings (SSSR count). The van der Waals surface area contributed by atoms with Crippen molar-refractivity contribution >= 4 is 23.6 Å². The first-order valence-electron chi connectivity index (χ1n) is 13.5. The van der Waals surface area contributed by atoms with Gasteiger partial charge in [-0.2, -0.15) is 0 Å². The first kappa shape index (κ1) is 28.9. The van der Waals surface area contributed by atoms with Crippen LogP contribution in [0.3, 0.4) is 0 Å². The van der Waals surface area contributed by atoms with Gasteiger partial charge in [0.25, 0.3) is 5.91 Å². The fourth-order valence-electron chi connectivity index (χ4n) is 4.75. The van der Waals surface area contributed by atoms with Gasteiger partial charge < -0.3 is 35.8 Å². The Labute approximate surface area is 232 Å². The van der Waals surface area contributed by atoms with E-state index in [1.165, 1.54) is 25.1 Å². The number of likely N-dealkylation sites (tertiary alicyclic amines) is 1. The summed E-state index contributed by atoms with van der Waals surface area (Å²) in [6.07, 6.45) is 0.683. The Kier molecular flexibility index (Phi) is 8.93. The van der Waals surface area contributed by atoms with Gasteiger partial charge in [0.15, 0.2) is 0 Å². The molecule has 0 aromatic heterocycles. The second kappa shape index (κ2) is 12.4. The SMILES string of the molecule is CC(C)[C@@H]1NC(=O)c2cc(ccc2O)Oc2ccc(cc2)C[C@@H](C(=O)N2CCC(O)CC2)NC(=O)[C@H](C)NC1=O. The highest BCUT2D eigenvalue weighted by atomic mass is 16.5. The maximum Gasteiger partial charge on any atom is 0.255 e. The van der Waals surface area contributed by atoms with Gasteiger partial charge in [0.05, 0.1) is 11.7 Å². The molecule has 0 unspecified atom stereocenters. The molecule has 2 aromatic rings. The molecule has 4 amide bonds. The van der Waals surface area contributed by atoms with Crippen molar-refractivity contribution in [3.63, 3.8) is 0 Å². The second-order valence-corrected chi connectivity index (χ2v) is 10.7. The fourth-order valence-corrected chi connectivity index (χ4v) is 4.75. The molecule has 0 radical (unpaired) electrons. The maximum absolute atomic E-state index is 13.5. The Hall–Kier alpha value is -4.12. The van der Waals surface area contributed by atoms with Crippen LogP contribution in [0.1, 0.15) is 49.5 Å². The van der Waals surface area contributed by atoms with E-state index in [0.29, 0.717) is 37.4 Å². The number of carbonyl (C=O) groups excluding carboxylic acids is 4. The predicted octanol–water partition coefficient (Wildman–Crippen LogP) is 1.47. The molecular formula is C29H36N4O7. The molecule has 214 valence electrons. The van der Waals surface area contributed by atoms with Crippen LogP contribution in [0.4, 0.5) is 0 Å². The predicted molar refractivity (Wildman–Crippen MR) is 146 cm³/mol. The van der Waals surface area contributed by atoms with E-state index in [4.69, 9.17) is 4.74 Å². The van der Waals surface area contributed by atoms with Gasteiger partial charge in [-0.3, -0.25) is 19.2 Å². The summed E-state index contributed by atoms with van der Waals surface area (Å²) in [4.78, 5) is 54.5. The largest absolute Gasteiger partial charge is 0.507 e. The van der Waals surface area contributed by atoms with Crippen LogP contribution in [0.15, 0.2) is 42.5 Å². The molecule has 3 aliphatic rings. The van der Waals surface area contributed by atoms with Gasteiger partial charge in [-0.15, -0.1) is 0 Å². The van der Waals surface area contributed by atoms with E-state index in [9.17, 15) is 29.4 Å². The summed E-state index contributed by atoms with van der Waals surface area (Å²) in [6, 6.07) is 8.31. The van der Waals surface area contributed by atoms with Gasteiger partial charge in [-0.05, 0) is 61.6 Å². The lowest BCUT2D eigenvalue weighted by atomic mass is 10.0. The number of phenols is 1. The van der Waals surface area contributed by atoms with Crippen molar-refractivity contribution in [1.29, 1.82) is 0 Å². The summed E-state index contributed by atoms with van der Waals surface area (Å²) in [5, 5.41) is 28.2. The number of aliphatic hydroxyl groups is 1. The lowest BCUT2D eigenvalue weighted by Crippen LogP contribution is -2.58. The minimum Gasteiger partial charge on any atom is -0.507 e. The Morgan fingerprint density at radius 3 is 2.25 bits per heavy atom. The number of hydrogen-bond donors (Lipinski definition) is 5. The topological polar surface area (TPSA) is 157 Å². The van der Waals surface area contributed by atoms with Crippen molar-refractivity contribution in [1.82, 2.24) is 20.9 Å². The number of nitrogens with zero attached hydrogens (tertiary/aromatic N) is 1. The molecular weight excluding hydrogens is 516 g/mol. The zero-order valence-electron chi connectivity index (χ0n) is 22.8. The highest BCUT2D eigenvalue weighted by Gasteiger charge is 2.32. The van der Waals surface area contributed by atoms with E-state index < -0.39 is 42.0 Å². The maximum atomic E-state index is 13.5. The number of nitrogens with one attached hydrogen (secondary N) is 3. The minimum atomic E-state index is -1.00. The van der Waals surface area contributed by atoms with Crippen molar-refractivity contribution in [2.24, 2.45) is 5.92 Å². The van der Waals surface area contributed by atoms with Gasteiger partial charge in [0, 0.05) is 19.5 Å². The van der Waals surface area contributed by atoms with Gasteiger partial charge in [0.2, 0.25) is 17.7 Å². The van der Waals surface area contributed by atoms with Crippen LogP contribution in [0, 0.1) is 5.92 Å². The van der Waals surface area contributed by atoms with Crippen molar-refractivity contribution in [2.45, 2.75) is 64.3 Å². The van der Waals surface area contributed by atoms with E-state index in [-0.39, 0.29) is 29.6 Å². The molecule has 40 heavy (non-hydrogen) atoms. The van der Waals surface area contributed by atoms with Crippen LogP contribution in [-0.2, 0) is 20.8 Å².